The van der Waals surface area contributed by atoms with Gasteiger partial charge in [-0.05, 0) is 131 Å². The minimum absolute atomic E-state index is 1.31. The number of rotatable bonds is 0. The zero-order chi connectivity index (χ0) is 31.1. The summed E-state index contributed by atoms with van der Waals surface area (Å²) >= 11 is 0. The molecule has 0 aromatic heterocycles. The van der Waals surface area contributed by atoms with Gasteiger partial charge in [0.15, 0.2) is 0 Å². The molecule has 0 aliphatic carbocycles. The fourth-order valence-corrected chi connectivity index (χ4v) is 9.20. The largest absolute Gasteiger partial charge is 0.0616 e. The molecule has 0 saturated carbocycles. The summed E-state index contributed by atoms with van der Waals surface area (Å²) in [5.41, 5.74) is 0. The van der Waals surface area contributed by atoms with E-state index in [0.717, 1.165) is 0 Å². The molecule has 0 heterocycles. The normalized spacial score (nSPS) is 12.6. The minimum Gasteiger partial charge on any atom is -0.0616 e. The Morgan fingerprint density at radius 2 is 0.438 bits per heavy atom. The van der Waals surface area contributed by atoms with E-state index in [1.54, 1.807) is 0 Å². The average Bonchev–Trinajstić information content (AvgIpc) is 3.15. The van der Waals surface area contributed by atoms with Gasteiger partial charge in [-0.1, -0.05) is 146 Å². The van der Waals surface area contributed by atoms with Crippen molar-refractivity contribution in [3.63, 3.8) is 0 Å². The number of hydrogen-bond acceptors (Lipinski definition) is 0. The van der Waals surface area contributed by atoms with Crippen LogP contribution < -0.4 is 0 Å². The van der Waals surface area contributed by atoms with Crippen molar-refractivity contribution in [2.24, 2.45) is 0 Å². The van der Waals surface area contributed by atoms with Gasteiger partial charge in [0, 0.05) is 0 Å². The van der Waals surface area contributed by atoms with Crippen molar-refractivity contribution in [2.75, 3.05) is 0 Å². The average molecular weight is 603 g/mol. The molecule has 0 amide bonds. The molecule has 13 rings (SSSR count). The molecule has 0 saturated heterocycles. The summed E-state index contributed by atoms with van der Waals surface area (Å²) in [4.78, 5) is 0. The van der Waals surface area contributed by atoms with E-state index in [-0.39, 0.29) is 0 Å². The van der Waals surface area contributed by atoms with E-state index in [4.69, 9.17) is 0 Å². The van der Waals surface area contributed by atoms with Crippen LogP contribution in [0.4, 0.5) is 0 Å². The Hall–Kier alpha value is -6.24. The van der Waals surface area contributed by atoms with Gasteiger partial charge in [-0.3, -0.25) is 0 Å². The van der Waals surface area contributed by atoms with Crippen molar-refractivity contribution < 1.29 is 0 Å². The Balaban J connectivity index is 0.000000112. The lowest BCUT2D eigenvalue weighted by Crippen LogP contribution is -1.91. The van der Waals surface area contributed by atoms with Crippen molar-refractivity contribution in [1.29, 1.82) is 0 Å². The maximum atomic E-state index is 2.33. The highest BCUT2D eigenvalue weighted by molar-refractivity contribution is 6.44. The molecule has 0 aliphatic rings. The monoisotopic (exact) mass is 602 g/mol. The first-order chi connectivity index (χ1) is 23.8. The molecule has 0 radical (unpaired) electrons. The minimum atomic E-state index is 1.31. The molecule has 0 atom stereocenters. The SMILES string of the molecule is c1cc2ccc3ccc4ccc5ccc6ccc1c1c2c3c4c5c61.c1ccc2c(c1)cc1ccc3c4ccccc4cc4ccc2c1c43. The fraction of sp³-hybridized carbons (Fsp3) is 0. The Morgan fingerprint density at radius 3 is 0.750 bits per heavy atom. The van der Waals surface area contributed by atoms with E-state index < -0.39 is 0 Å². The molecular formula is C48H26. The predicted molar refractivity (Wildman–Crippen MR) is 210 cm³/mol. The number of hydrogen-bond donors (Lipinski definition) is 0. The van der Waals surface area contributed by atoms with Gasteiger partial charge >= 0.3 is 0 Å². The van der Waals surface area contributed by atoms with Gasteiger partial charge in [0.1, 0.15) is 0 Å². The summed E-state index contributed by atoms with van der Waals surface area (Å²) in [7, 11) is 0. The Morgan fingerprint density at radius 1 is 0.167 bits per heavy atom. The third-order valence-corrected chi connectivity index (χ3v) is 11.2. The lowest BCUT2D eigenvalue weighted by Gasteiger charge is -2.20. The molecule has 218 valence electrons. The van der Waals surface area contributed by atoms with Crippen molar-refractivity contribution >= 4 is 118 Å². The summed E-state index contributed by atoms with van der Waals surface area (Å²) < 4.78 is 0. The van der Waals surface area contributed by atoms with E-state index in [1.165, 1.54) is 118 Å². The van der Waals surface area contributed by atoms with Gasteiger partial charge in [-0.15, -0.1) is 0 Å². The molecule has 0 N–H and O–H groups in total. The quantitative estimate of drug-likeness (QED) is 0.120. The molecule has 0 spiro atoms. The van der Waals surface area contributed by atoms with E-state index in [2.05, 4.69) is 158 Å². The van der Waals surface area contributed by atoms with Crippen LogP contribution in [0.3, 0.4) is 0 Å². The molecule has 0 bridgehead atoms. The van der Waals surface area contributed by atoms with E-state index in [0.29, 0.717) is 0 Å². The summed E-state index contributed by atoms with van der Waals surface area (Å²) in [5, 5.41) is 30.2. The molecule has 48 heavy (non-hydrogen) atoms. The first-order valence-corrected chi connectivity index (χ1v) is 16.8. The topological polar surface area (TPSA) is 0 Å². The lowest BCUT2D eigenvalue weighted by molar-refractivity contribution is 1.78. The van der Waals surface area contributed by atoms with Crippen LogP contribution >= 0.6 is 0 Å². The van der Waals surface area contributed by atoms with Gasteiger partial charge in [-0.25, -0.2) is 0 Å². The van der Waals surface area contributed by atoms with Crippen LogP contribution in [0.5, 0.6) is 0 Å². The maximum Gasteiger partial charge on any atom is -0.00139 e. The second-order valence-electron chi connectivity index (χ2n) is 13.6. The predicted octanol–water partition coefficient (Wildman–Crippen LogP) is 13.8. The van der Waals surface area contributed by atoms with Gasteiger partial charge < -0.3 is 0 Å². The van der Waals surface area contributed by atoms with Crippen LogP contribution in [-0.4, -0.2) is 0 Å². The first kappa shape index (κ1) is 24.9. The summed E-state index contributed by atoms with van der Waals surface area (Å²) in [5.74, 6) is 0. The zero-order valence-corrected chi connectivity index (χ0v) is 26.0. The highest BCUT2D eigenvalue weighted by Gasteiger charge is 2.19. The van der Waals surface area contributed by atoms with E-state index >= 15 is 0 Å². The van der Waals surface area contributed by atoms with Gasteiger partial charge in [0.2, 0.25) is 0 Å². The maximum absolute atomic E-state index is 2.33. The van der Waals surface area contributed by atoms with Crippen LogP contribution in [0.1, 0.15) is 0 Å². The van der Waals surface area contributed by atoms with Crippen LogP contribution in [0.25, 0.3) is 118 Å². The van der Waals surface area contributed by atoms with Crippen LogP contribution in [0.15, 0.2) is 158 Å². The molecule has 13 aromatic carbocycles. The first-order valence-electron chi connectivity index (χ1n) is 16.8. The molecule has 0 nitrogen and oxygen atoms in total. The fourth-order valence-electron chi connectivity index (χ4n) is 9.20. The number of fused-ring (bicyclic) bond motifs is 4. The standard InChI is InChI=1S/C24H12.C24H14/c1-2-14-5-6-16-9-11-18-12-10-17-8-7-15-4-3-13(1)19-20(14)22(16)24(18)23(17)21(15)19;1-3-7-19-15(5-1)13-17-9-12-22-20-8-4-2-6-16(20)14-18-10-11-21(19)23(17)24(18)22/h1-12H;1-14H. The van der Waals surface area contributed by atoms with Crippen molar-refractivity contribution in [2.45, 2.75) is 0 Å². The molecular weight excluding hydrogens is 577 g/mol. The van der Waals surface area contributed by atoms with Crippen LogP contribution in [-0.2, 0) is 0 Å². The lowest BCUT2D eigenvalue weighted by atomic mass is 9.83. The zero-order valence-electron chi connectivity index (χ0n) is 26.0. The second kappa shape index (κ2) is 8.76. The van der Waals surface area contributed by atoms with Gasteiger partial charge in [0.25, 0.3) is 0 Å². The third-order valence-electron chi connectivity index (χ3n) is 11.2. The highest BCUT2D eigenvalue weighted by atomic mass is 14.2. The smallest absolute Gasteiger partial charge is 0.00139 e. The molecule has 0 fully saturated rings. The van der Waals surface area contributed by atoms with Crippen molar-refractivity contribution in [3.8, 4) is 0 Å². The molecule has 0 unspecified atom stereocenters. The summed E-state index contributed by atoms with van der Waals surface area (Å²) in [6, 6.07) is 58.5. The van der Waals surface area contributed by atoms with E-state index in [1.807, 2.05) is 0 Å². The number of benzene rings is 13. The second-order valence-corrected chi connectivity index (χ2v) is 13.6. The van der Waals surface area contributed by atoms with Crippen molar-refractivity contribution in [3.05, 3.63) is 158 Å². The van der Waals surface area contributed by atoms with Crippen LogP contribution in [0.2, 0.25) is 0 Å². The molecule has 13 aromatic rings. The van der Waals surface area contributed by atoms with E-state index in [9.17, 15) is 0 Å². The van der Waals surface area contributed by atoms with Crippen LogP contribution in [0, 0.1) is 0 Å². The summed E-state index contributed by atoms with van der Waals surface area (Å²) in [6.45, 7) is 0. The molecule has 0 aliphatic heterocycles. The Kier molecular flexibility index (Phi) is 4.55. The Labute approximate surface area is 275 Å². The summed E-state index contributed by atoms with van der Waals surface area (Å²) in [6.07, 6.45) is 0. The third kappa shape index (κ3) is 3.06. The van der Waals surface area contributed by atoms with Gasteiger partial charge in [0.05, 0.1) is 0 Å². The highest BCUT2D eigenvalue weighted by Crippen LogP contribution is 2.48. The molecule has 0 heteroatoms. The van der Waals surface area contributed by atoms with Crippen molar-refractivity contribution in [1.82, 2.24) is 0 Å². The Bertz CT molecular complexity index is 2880. The van der Waals surface area contributed by atoms with Gasteiger partial charge in [-0.2, -0.15) is 0 Å².